The van der Waals surface area contributed by atoms with E-state index in [1.54, 1.807) is 0 Å². The van der Waals surface area contributed by atoms with Crippen molar-refractivity contribution in [1.82, 2.24) is 10.3 Å². The molecule has 5 nitrogen and oxygen atoms in total. The highest BCUT2D eigenvalue weighted by molar-refractivity contribution is 5.93. The molecule has 1 heterocycles. The Balaban J connectivity index is 1.65. The van der Waals surface area contributed by atoms with Gasteiger partial charge in [-0.05, 0) is 35.3 Å². The van der Waals surface area contributed by atoms with Crippen molar-refractivity contribution in [3.05, 3.63) is 84.6 Å². The predicted octanol–water partition coefficient (Wildman–Crippen LogP) is 3.51. The molecule has 2 aromatic carbocycles. The number of carbonyl (C=O) groups is 1. The van der Waals surface area contributed by atoms with Crippen molar-refractivity contribution in [3.8, 4) is 0 Å². The van der Waals surface area contributed by atoms with Crippen LogP contribution in [0.25, 0.3) is 5.57 Å². The van der Waals surface area contributed by atoms with E-state index in [2.05, 4.69) is 47.2 Å². The lowest BCUT2D eigenvalue weighted by atomic mass is 9.99. The van der Waals surface area contributed by atoms with E-state index < -0.39 is 6.03 Å². The quantitative estimate of drug-likeness (QED) is 0.494. The summed E-state index contributed by atoms with van der Waals surface area (Å²) in [5.41, 5.74) is 6.72. The summed E-state index contributed by atoms with van der Waals surface area (Å²) in [5.74, 6) is 5.20. The number of hydrogen-bond acceptors (Lipinski definition) is 3. The molecular weight excluding hydrogens is 324 g/mol. The smallest absolute Gasteiger partial charge is 0.295 e. The zero-order valence-electron chi connectivity index (χ0n) is 14.8. The summed E-state index contributed by atoms with van der Waals surface area (Å²) >= 11 is 0. The number of nitrogens with one attached hydrogen (secondary N) is 1. The van der Waals surface area contributed by atoms with Gasteiger partial charge >= 0.3 is 6.03 Å². The van der Waals surface area contributed by atoms with Gasteiger partial charge in [-0.2, -0.15) is 0 Å². The van der Waals surface area contributed by atoms with Gasteiger partial charge in [0.1, 0.15) is 0 Å². The minimum absolute atomic E-state index is 0.416. The van der Waals surface area contributed by atoms with Crippen molar-refractivity contribution in [2.75, 3.05) is 18.0 Å². The zero-order valence-corrected chi connectivity index (χ0v) is 14.8. The maximum atomic E-state index is 11.7. The third-order valence-electron chi connectivity index (χ3n) is 4.58. The van der Waals surface area contributed by atoms with E-state index >= 15 is 0 Å². The van der Waals surface area contributed by atoms with E-state index in [0.29, 0.717) is 0 Å². The molecule has 134 valence electrons. The molecule has 0 aromatic heterocycles. The first-order valence-electron chi connectivity index (χ1n) is 8.69. The largest absolute Gasteiger partial charge is 0.340 e. The Bertz CT molecular complexity index is 783. The Morgan fingerprint density at radius 1 is 1.19 bits per heavy atom. The number of urea groups is 1. The maximum absolute atomic E-state index is 11.7. The molecule has 26 heavy (non-hydrogen) atoms. The van der Waals surface area contributed by atoms with Crippen LogP contribution in [0.15, 0.2) is 73.5 Å². The SMILES string of the molecule is C=CN(C(=O)NN)c1ccc(C2=CCN(Cc3ccccc3)CC2)cc1. The highest BCUT2D eigenvalue weighted by atomic mass is 16.2. The van der Waals surface area contributed by atoms with Crippen LogP contribution >= 0.6 is 0 Å². The summed E-state index contributed by atoms with van der Waals surface area (Å²) in [6, 6.07) is 18.0. The summed E-state index contributed by atoms with van der Waals surface area (Å²) in [6.07, 6.45) is 4.75. The molecule has 1 aliphatic rings. The van der Waals surface area contributed by atoms with Gasteiger partial charge in [0.2, 0.25) is 0 Å². The fourth-order valence-corrected chi connectivity index (χ4v) is 3.17. The molecule has 0 aliphatic carbocycles. The normalized spacial score (nSPS) is 14.4. The van der Waals surface area contributed by atoms with Gasteiger partial charge in [0.15, 0.2) is 0 Å². The Morgan fingerprint density at radius 2 is 1.92 bits per heavy atom. The van der Waals surface area contributed by atoms with Crippen LogP contribution in [0.1, 0.15) is 17.5 Å². The van der Waals surface area contributed by atoms with Crippen LogP contribution in [0.5, 0.6) is 0 Å². The van der Waals surface area contributed by atoms with Crippen molar-refractivity contribution in [1.29, 1.82) is 0 Å². The van der Waals surface area contributed by atoms with Gasteiger partial charge in [0.05, 0.1) is 5.69 Å². The van der Waals surface area contributed by atoms with Crippen LogP contribution < -0.4 is 16.2 Å². The number of amides is 2. The Hall–Kier alpha value is -2.89. The monoisotopic (exact) mass is 348 g/mol. The molecule has 0 unspecified atom stereocenters. The van der Waals surface area contributed by atoms with Crippen LogP contribution in [0.2, 0.25) is 0 Å². The first-order chi connectivity index (χ1) is 12.7. The molecule has 0 saturated carbocycles. The highest BCUT2D eigenvalue weighted by Crippen LogP contribution is 2.25. The molecule has 0 radical (unpaired) electrons. The van der Waals surface area contributed by atoms with Crippen molar-refractivity contribution >= 4 is 17.3 Å². The van der Waals surface area contributed by atoms with E-state index in [1.807, 2.05) is 30.3 Å². The molecule has 0 bridgehead atoms. The molecule has 3 rings (SSSR count). The van der Waals surface area contributed by atoms with Gasteiger partial charge in [-0.25, -0.2) is 10.6 Å². The summed E-state index contributed by atoms with van der Waals surface area (Å²) in [4.78, 5) is 15.5. The molecule has 0 atom stereocenters. The number of benzene rings is 2. The van der Waals surface area contributed by atoms with Crippen molar-refractivity contribution in [3.63, 3.8) is 0 Å². The molecule has 0 fully saturated rings. The van der Waals surface area contributed by atoms with Gasteiger partial charge < -0.3 is 0 Å². The molecule has 2 amide bonds. The second kappa shape index (κ2) is 8.47. The number of hydrazine groups is 1. The molecular formula is C21H24N4O. The predicted molar refractivity (Wildman–Crippen MR) is 106 cm³/mol. The second-order valence-corrected chi connectivity index (χ2v) is 6.25. The lowest BCUT2D eigenvalue weighted by Gasteiger charge is -2.26. The maximum Gasteiger partial charge on any atom is 0.340 e. The number of carbonyl (C=O) groups excluding carboxylic acids is 1. The van der Waals surface area contributed by atoms with Crippen LogP contribution in [0.4, 0.5) is 10.5 Å². The zero-order chi connectivity index (χ0) is 18.4. The van der Waals surface area contributed by atoms with Gasteiger partial charge in [-0.1, -0.05) is 55.1 Å². The fraction of sp³-hybridized carbons (Fsp3) is 0.190. The Labute approximate surface area is 154 Å². The minimum atomic E-state index is -0.416. The second-order valence-electron chi connectivity index (χ2n) is 6.25. The topological polar surface area (TPSA) is 61.6 Å². The lowest BCUT2D eigenvalue weighted by molar-refractivity contribution is 0.248. The van der Waals surface area contributed by atoms with E-state index in [1.165, 1.54) is 27.8 Å². The van der Waals surface area contributed by atoms with Gasteiger partial charge in [0, 0.05) is 25.8 Å². The van der Waals surface area contributed by atoms with Crippen LogP contribution in [-0.2, 0) is 6.54 Å². The van der Waals surface area contributed by atoms with E-state index in [0.717, 1.165) is 31.7 Å². The first-order valence-corrected chi connectivity index (χ1v) is 8.69. The molecule has 3 N–H and O–H groups in total. The average Bonchev–Trinajstić information content (AvgIpc) is 2.70. The number of nitrogens with zero attached hydrogens (tertiary/aromatic N) is 2. The molecule has 0 saturated heterocycles. The Kier molecular flexibility index (Phi) is 5.84. The average molecular weight is 348 g/mol. The van der Waals surface area contributed by atoms with Crippen molar-refractivity contribution in [2.45, 2.75) is 13.0 Å². The third-order valence-corrected chi connectivity index (χ3v) is 4.58. The summed E-state index contributed by atoms with van der Waals surface area (Å²) in [6.45, 7) is 6.62. The Morgan fingerprint density at radius 3 is 2.50 bits per heavy atom. The minimum Gasteiger partial charge on any atom is -0.295 e. The fourth-order valence-electron chi connectivity index (χ4n) is 3.17. The van der Waals surface area contributed by atoms with Gasteiger partial charge in [-0.15, -0.1) is 0 Å². The first kappa shape index (κ1) is 17.9. The number of anilines is 1. The number of rotatable bonds is 5. The molecule has 0 spiro atoms. The standard InChI is InChI=1S/C21H24N4O/c1-2-25(21(26)23-22)20-10-8-18(9-11-20)19-12-14-24(15-13-19)16-17-6-4-3-5-7-17/h2-12H,1,13-16,22H2,(H,23,26). The van der Waals surface area contributed by atoms with Crippen LogP contribution in [-0.4, -0.2) is 24.0 Å². The number of hydrogen-bond donors (Lipinski definition) is 2. The molecule has 5 heteroatoms. The van der Waals surface area contributed by atoms with Crippen LogP contribution in [0.3, 0.4) is 0 Å². The highest BCUT2D eigenvalue weighted by Gasteiger charge is 2.15. The van der Waals surface area contributed by atoms with Crippen molar-refractivity contribution in [2.24, 2.45) is 5.84 Å². The van der Waals surface area contributed by atoms with Crippen molar-refractivity contribution < 1.29 is 4.79 Å². The molecule has 2 aromatic rings. The van der Waals surface area contributed by atoms with E-state index in [9.17, 15) is 4.79 Å². The van der Waals surface area contributed by atoms with Gasteiger partial charge in [-0.3, -0.25) is 15.2 Å². The van der Waals surface area contributed by atoms with E-state index in [4.69, 9.17) is 5.84 Å². The number of nitrogens with two attached hydrogens (primary N) is 1. The summed E-state index contributed by atoms with van der Waals surface area (Å²) in [5, 5.41) is 0. The summed E-state index contributed by atoms with van der Waals surface area (Å²) in [7, 11) is 0. The van der Waals surface area contributed by atoms with E-state index in [-0.39, 0.29) is 0 Å². The molecule has 1 aliphatic heterocycles. The van der Waals surface area contributed by atoms with Gasteiger partial charge in [0.25, 0.3) is 0 Å². The summed E-state index contributed by atoms with van der Waals surface area (Å²) < 4.78 is 0. The van der Waals surface area contributed by atoms with Crippen LogP contribution in [0, 0.1) is 0 Å². The third kappa shape index (κ3) is 4.20. The lowest BCUT2D eigenvalue weighted by Crippen LogP contribution is -2.40.